The Morgan fingerprint density at radius 1 is 1.00 bits per heavy atom. The molecule has 0 fully saturated rings. The first kappa shape index (κ1) is 12.7. The number of benzene rings is 2. The summed E-state index contributed by atoms with van der Waals surface area (Å²) in [6.07, 6.45) is 0. The van der Waals surface area contributed by atoms with Gasteiger partial charge in [-0.2, -0.15) is 0 Å². The number of para-hydroxylation sites is 1. The summed E-state index contributed by atoms with van der Waals surface area (Å²) in [7, 11) is 0. The SMILES string of the molecule is Fc1ccc(F)c(-c2csc(Nc3ccccc3)n2)c1. The van der Waals surface area contributed by atoms with E-state index in [4.69, 9.17) is 0 Å². The van der Waals surface area contributed by atoms with Crippen LogP contribution >= 0.6 is 11.3 Å². The lowest BCUT2D eigenvalue weighted by molar-refractivity contribution is 0.603. The van der Waals surface area contributed by atoms with Gasteiger partial charge in [0.15, 0.2) is 5.13 Å². The van der Waals surface area contributed by atoms with Crippen LogP contribution in [-0.4, -0.2) is 4.98 Å². The van der Waals surface area contributed by atoms with Crippen molar-refractivity contribution in [2.45, 2.75) is 0 Å². The second kappa shape index (κ2) is 5.38. The lowest BCUT2D eigenvalue weighted by Crippen LogP contribution is -1.90. The molecule has 100 valence electrons. The van der Waals surface area contributed by atoms with Gasteiger partial charge >= 0.3 is 0 Å². The Bertz CT molecular complexity index is 726. The predicted molar refractivity (Wildman–Crippen MR) is 77.2 cm³/mol. The van der Waals surface area contributed by atoms with E-state index in [0.29, 0.717) is 10.8 Å². The molecule has 2 aromatic carbocycles. The van der Waals surface area contributed by atoms with E-state index < -0.39 is 11.6 Å². The Kier molecular flexibility index (Phi) is 3.43. The van der Waals surface area contributed by atoms with E-state index in [1.54, 1.807) is 5.38 Å². The zero-order chi connectivity index (χ0) is 13.9. The van der Waals surface area contributed by atoms with Crippen molar-refractivity contribution in [3.05, 3.63) is 65.5 Å². The van der Waals surface area contributed by atoms with E-state index >= 15 is 0 Å². The van der Waals surface area contributed by atoms with E-state index in [1.807, 2.05) is 30.3 Å². The standard InChI is InChI=1S/C15H10F2N2S/c16-10-6-7-13(17)12(8-10)14-9-20-15(19-14)18-11-4-2-1-3-5-11/h1-9H,(H,18,19). The molecule has 1 N–H and O–H groups in total. The van der Waals surface area contributed by atoms with Gasteiger partial charge in [0, 0.05) is 16.6 Å². The van der Waals surface area contributed by atoms with Crippen molar-refractivity contribution >= 4 is 22.2 Å². The van der Waals surface area contributed by atoms with Crippen molar-refractivity contribution in [1.29, 1.82) is 0 Å². The molecule has 0 aliphatic heterocycles. The van der Waals surface area contributed by atoms with E-state index in [1.165, 1.54) is 11.3 Å². The fraction of sp³-hybridized carbons (Fsp3) is 0. The van der Waals surface area contributed by atoms with Crippen LogP contribution < -0.4 is 5.32 Å². The summed E-state index contributed by atoms with van der Waals surface area (Å²) in [4.78, 5) is 4.28. The van der Waals surface area contributed by atoms with Gasteiger partial charge in [-0.05, 0) is 30.3 Å². The van der Waals surface area contributed by atoms with E-state index in [9.17, 15) is 8.78 Å². The number of hydrogen-bond donors (Lipinski definition) is 1. The summed E-state index contributed by atoms with van der Waals surface area (Å²) in [6.45, 7) is 0. The van der Waals surface area contributed by atoms with Crippen LogP contribution in [0.3, 0.4) is 0 Å². The molecular weight excluding hydrogens is 278 g/mol. The maximum absolute atomic E-state index is 13.7. The molecule has 0 radical (unpaired) electrons. The number of nitrogens with zero attached hydrogens (tertiary/aromatic N) is 1. The maximum Gasteiger partial charge on any atom is 0.187 e. The van der Waals surface area contributed by atoms with E-state index in [2.05, 4.69) is 10.3 Å². The van der Waals surface area contributed by atoms with Crippen LogP contribution in [0.2, 0.25) is 0 Å². The number of hydrogen-bond acceptors (Lipinski definition) is 3. The van der Waals surface area contributed by atoms with Gasteiger partial charge in [-0.15, -0.1) is 11.3 Å². The number of nitrogens with one attached hydrogen (secondary N) is 1. The normalized spacial score (nSPS) is 10.5. The summed E-state index contributed by atoms with van der Waals surface area (Å²) in [5, 5.41) is 5.45. The third kappa shape index (κ3) is 2.67. The molecule has 1 aromatic heterocycles. The van der Waals surface area contributed by atoms with Crippen LogP contribution in [0.5, 0.6) is 0 Å². The average Bonchev–Trinajstić information content (AvgIpc) is 2.91. The number of halogens is 2. The van der Waals surface area contributed by atoms with Crippen molar-refractivity contribution in [2.24, 2.45) is 0 Å². The molecule has 0 amide bonds. The summed E-state index contributed by atoms with van der Waals surface area (Å²) in [6, 6.07) is 12.9. The van der Waals surface area contributed by atoms with Crippen LogP contribution in [0.4, 0.5) is 19.6 Å². The van der Waals surface area contributed by atoms with Crippen LogP contribution in [0, 0.1) is 11.6 Å². The zero-order valence-corrected chi connectivity index (χ0v) is 11.1. The van der Waals surface area contributed by atoms with Gasteiger partial charge in [-0.3, -0.25) is 0 Å². The molecule has 0 aliphatic carbocycles. The lowest BCUT2D eigenvalue weighted by Gasteiger charge is -2.01. The predicted octanol–water partition coefficient (Wildman–Crippen LogP) is 4.83. The second-order valence-corrected chi connectivity index (χ2v) is 5.01. The van der Waals surface area contributed by atoms with Crippen molar-refractivity contribution in [1.82, 2.24) is 4.98 Å². The van der Waals surface area contributed by atoms with Crippen LogP contribution in [-0.2, 0) is 0 Å². The molecule has 20 heavy (non-hydrogen) atoms. The Morgan fingerprint density at radius 2 is 1.80 bits per heavy atom. The average molecular weight is 288 g/mol. The minimum Gasteiger partial charge on any atom is -0.332 e. The first-order valence-corrected chi connectivity index (χ1v) is 6.83. The van der Waals surface area contributed by atoms with Crippen molar-refractivity contribution in [3.63, 3.8) is 0 Å². The molecule has 3 aromatic rings. The van der Waals surface area contributed by atoms with E-state index in [-0.39, 0.29) is 5.56 Å². The molecule has 2 nitrogen and oxygen atoms in total. The highest BCUT2D eigenvalue weighted by Crippen LogP contribution is 2.29. The van der Waals surface area contributed by atoms with Gasteiger partial charge in [-0.25, -0.2) is 13.8 Å². The molecule has 0 atom stereocenters. The molecular formula is C15H10F2N2S. The van der Waals surface area contributed by atoms with Crippen molar-refractivity contribution in [3.8, 4) is 11.3 Å². The van der Waals surface area contributed by atoms with Crippen LogP contribution in [0.15, 0.2) is 53.9 Å². The smallest absolute Gasteiger partial charge is 0.187 e. The minimum absolute atomic E-state index is 0.169. The van der Waals surface area contributed by atoms with Gasteiger partial charge in [0.1, 0.15) is 11.6 Å². The number of thiazole rings is 1. The van der Waals surface area contributed by atoms with Gasteiger partial charge in [0.2, 0.25) is 0 Å². The third-order valence-corrected chi connectivity index (χ3v) is 3.49. The largest absolute Gasteiger partial charge is 0.332 e. The van der Waals surface area contributed by atoms with Gasteiger partial charge in [-0.1, -0.05) is 18.2 Å². The number of anilines is 2. The summed E-state index contributed by atoms with van der Waals surface area (Å²) in [5.74, 6) is -0.963. The fourth-order valence-corrected chi connectivity index (χ4v) is 2.52. The summed E-state index contributed by atoms with van der Waals surface area (Å²) < 4.78 is 26.8. The molecule has 0 bridgehead atoms. The van der Waals surface area contributed by atoms with Gasteiger partial charge in [0.05, 0.1) is 5.69 Å². The Balaban J connectivity index is 1.88. The van der Waals surface area contributed by atoms with Gasteiger partial charge < -0.3 is 5.32 Å². The van der Waals surface area contributed by atoms with Crippen molar-refractivity contribution in [2.75, 3.05) is 5.32 Å². The van der Waals surface area contributed by atoms with Crippen molar-refractivity contribution < 1.29 is 8.78 Å². The van der Waals surface area contributed by atoms with Gasteiger partial charge in [0.25, 0.3) is 0 Å². The molecule has 0 saturated carbocycles. The summed E-state index contributed by atoms with van der Waals surface area (Å²) in [5.41, 5.74) is 1.49. The lowest BCUT2D eigenvalue weighted by atomic mass is 10.1. The topological polar surface area (TPSA) is 24.9 Å². The molecule has 5 heteroatoms. The first-order chi connectivity index (χ1) is 9.72. The Labute approximate surface area is 118 Å². The molecule has 0 saturated heterocycles. The molecule has 0 spiro atoms. The zero-order valence-electron chi connectivity index (χ0n) is 10.3. The second-order valence-electron chi connectivity index (χ2n) is 4.15. The van der Waals surface area contributed by atoms with Crippen LogP contribution in [0.1, 0.15) is 0 Å². The summed E-state index contributed by atoms with van der Waals surface area (Å²) >= 11 is 1.34. The molecule has 3 rings (SSSR count). The highest BCUT2D eigenvalue weighted by Gasteiger charge is 2.10. The fourth-order valence-electron chi connectivity index (χ4n) is 1.79. The highest BCUT2D eigenvalue weighted by atomic mass is 32.1. The Hall–Kier alpha value is -2.27. The molecule has 0 unspecified atom stereocenters. The number of rotatable bonds is 3. The highest BCUT2D eigenvalue weighted by molar-refractivity contribution is 7.14. The monoisotopic (exact) mass is 288 g/mol. The van der Waals surface area contributed by atoms with E-state index in [0.717, 1.165) is 23.9 Å². The minimum atomic E-state index is -0.483. The van der Waals surface area contributed by atoms with Crippen LogP contribution in [0.25, 0.3) is 11.3 Å². The number of aromatic nitrogens is 1. The Morgan fingerprint density at radius 3 is 2.60 bits per heavy atom. The molecule has 1 heterocycles. The molecule has 0 aliphatic rings. The first-order valence-electron chi connectivity index (χ1n) is 5.95. The quantitative estimate of drug-likeness (QED) is 0.746. The maximum atomic E-state index is 13.7. The third-order valence-electron chi connectivity index (χ3n) is 2.73.